The number of likely N-dealkylation sites (N-methyl/N-ethyl adjacent to an activating group) is 1. The molecule has 20 heavy (non-hydrogen) atoms. The molecule has 1 saturated carbocycles. The Hall–Kier alpha value is -1.35. The lowest BCUT2D eigenvalue weighted by Gasteiger charge is -2.19. The van der Waals surface area contributed by atoms with Crippen LogP contribution < -0.4 is 5.32 Å². The molecule has 2 rings (SSSR count). The van der Waals surface area contributed by atoms with Crippen LogP contribution in [0.1, 0.15) is 34.3 Å². The highest BCUT2D eigenvalue weighted by atomic mass is 32.1. The number of carbonyl (C=O) groups excluding carboxylic acids is 1. The first-order chi connectivity index (χ1) is 9.74. The minimum absolute atomic E-state index is 0.0427. The molecule has 1 aliphatic carbocycles. The van der Waals surface area contributed by atoms with Gasteiger partial charge in [-0.1, -0.05) is 18.8 Å². The standard InChI is InChI=1S/C15H20N2O2S/c1-2-17(12-5-6-12)10-9-16-15(19)14-8-7-13(20-14)4-3-11-18/h7-8,12,18H,2,5-6,9-11H2,1H3,(H,16,19). The highest BCUT2D eigenvalue weighted by molar-refractivity contribution is 7.14. The lowest BCUT2D eigenvalue weighted by molar-refractivity contribution is 0.0952. The van der Waals surface area contributed by atoms with Gasteiger partial charge in [0.2, 0.25) is 0 Å². The van der Waals surface area contributed by atoms with E-state index in [0.29, 0.717) is 11.4 Å². The van der Waals surface area contributed by atoms with Gasteiger partial charge < -0.3 is 10.4 Å². The SMILES string of the molecule is CCN(CCNC(=O)c1ccc(C#CCO)s1)C1CC1. The fourth-order valence-corrected chi connectivity index (χ4v) is 2.89. The molecule has 0 radical (unpaired) electrons. The number of nitrogens with one attached hydrogen (secondary N) is 1. The first-order valence-electron chi connectivity index (χ1n) is 6.96. The van der Waals surface area contributed by atoms with Gasteiger partial charge >= 0.3 is 0 Å². The molecule has 0 aliphatic heterocycles. The number of aliphatic hydroxyl groups is 1. The zero-order valence-corrected chi connectivity index (χ0v) is 12.5. The maximum atomic E-state index is 12.0. The van der Waals surface area contributed by atoms with Crippen molar-refractivity contribution in [2.24, 2.45) is 0 Å². The summed E-state index contributed by atoms with van der Waals surface area (Å²) in [7, 11) is 0. The van der Waals surface area contributed by atoms with Crippen LogP contribution in [0.25, 0.3) is 0 Å². The molecular formula is C15H20N2O2S. The fourth-order valence-electron chi connectivity index (χ4n) is 2.09. The Bertz CT molecular complexity index is 511. The Morgan fingerprint density at radius 1 is 1.55 bits per heavy atom. The zero-order valence-electron chi connectivity index (χ0n) is 11.7. The van der Waals surface area contributed by atoms with E-state index in [-0.39, 0.29) is 12.5 Å². The molecule has 108 valence electrons. The molecule has 0 aromatic carbocycles. The number of amides is 1. The van der Waals surface area contributed by atoms with Crippen LogP contribution in [0, 0.1) is 11.8 Å². The van der Waals surface area contributed by atoms with Gasteiger partial charge in [-0.05, 0) is 31.5 Å². The van der Waals surface area contributed by atoms with Crippen LogP contribution in [0.5, 0.6) is 0 Å². The van der Waals surface area contributed by atoms with Crippen molar-refractivity contribution in [1.29, 1.82) is 0 Å². The number of hydrogen-bond acceptors (Lipinski definition) is 4. The molecule has 1 aromatic rings. The molecule has 0 bridgehead atoms. The van der Waals surface area contributed by atoms with Crippen LogP contribution in [0.15, 0.2) is 12.1 Å². The van der Waals surface area contributed by atoms with Gasteiger partial charge in [-0.15, -0.1) is 11.3 Å². The van der Waals surface area contributed by atoms with Gasteiger partial charge in [0.05, 0.1) is 9.75 Å². The van der Waals surface area contributed by atoms with Crippen molar-refractivity contribution in [2.75, 3.05) is 26.2 Å². The maximum Gasteiger partial charge on any atom is 0.261 e. The lowest BCUT2D eigenvalue weighted by atomic mass is 10.4. The van der Waals surface area contributed by atoms with Crippen molar-refractivity contribution in [2.45, 2.75) is 25.8 Å². The molecule has 1 heterocycles. The third-order valence-electron chi connectivity index (χ3n) is 3.27. The number of nitrogens with zero attached hydrogens (tertiary/aromatic N) is 1. The van der Waals surface area contributed by atoms with E-state index in [2.05, 4.69) is 29.0 Å². The molecule has 2 N–H and O–H groups in total. The smallest absolute Gasteiger partial charge is 0.261 e. The predicted octanol–water partition coefficient (Wildman–Crippen LogP) is 1.31. The Morgan fingerprint density at radius 2 is 2.35 bits per heavy atom. The van der Waals surface area contributed by atoms with Crippen molar-refractivity contribution in [1.82, 2.24) is 10.2 Å². The van der Waals surface area contributed by atoms with Crippen molar-refractivity contribution >= 4 is 17.2 Å². The highest BCUT2D eigenvalue weighted by Crippen LogP contribution is 2.25. The van der Waals surface area contributed by atoms with Crippen LogP contribution >= 0.6 is 11.3 Å². The molecule has 1 fully saturated rings. The Morgan fingerprint density at radius 3 is 3.00 bits per heavy atom. The molecular weight excluding hydrogens is 272 g/mol. The zero-order chi connectivity index (χ0) is 14.4. The molecule has 1 amide bonds. The van der Waals surface area contributed by atoms with Crippen molar-refractivity contribution in [3.05, 3.63) is 21.9 Å². The minimum Gasteiger partial charge on any atom is -0.384 e. The van der Waals surface area contributed by atoms with Crippen LogP contribution in [-0.2, 0) is 0 Å². The van der Waals surface area contributed by atoms with E-state index in [1.165, 1.54) is 24.2 Å². The van der Waals surface area contributed by atoms with Gasteiger partial charge in [-0.2, -0.15) is 0 Å². The van der Waals surface area contributed by atoms with Crippen molar-refractivity contribution in [3.8, 4) is 11.8 Å². The van der Waals surface area contributed by atoms with Gasteiger partial charge in [0.1, 0.15) is 6.61 Å². The molecule has 5 heteroatoms. The minimum atomic E-state index is -0.159. The van der Waals surface area contributed by atoms with Gasteiger partial charge in [-0.25, -0.2) is 0 Å². The molecule has 0 saturated heterocycles. The average molecular weight is 292 g/mol. The van der Waals surface area contributed by atoms with Crippen LogP contribution in [-0.4, -0.2) is 48.2 Å². The van der Waals surface area contributed by atoms with Crippen LogP contribution in [0.2, 0.25) is 0 Å². The Kier molecular flexibility index (Phi) is 5.60. The summed E-state index contributed by atoms with van der Waals surface area (Å²) in [5.74, 6) is 5.34. The summed E-state index contributed by atoms with van der Waals surface area (Å²) in [6.07, 6.45) is 2.58. The molecule has 0 unspecified atom stereocenters. The van der Waals surface area contributed by atoms with Gasteiger partial charge in [-0.3, -0.25) is 9.69 Å². The van der Waals surface area contributed by atoms with Gasteiger partial charge in [0.25, 0.3) is 5.91 Å². The van der Waals surface area contributed by atoms with E-state index in [1.807, 2.05) is 6.07 Å². The highest BCUT2D eigenvalue weighted by Gasteiger charge is 2.27. The largest absolute Gasteiger partial charge is 0.384 e. The summed E-state index contributed by atoms with van der Waals surface area (Å²) in [4.78, 5) is 15.9. The van der Waals surface area contributed by atoms with E-state index in [4.69, 9.17) is 5.11 Å². The summed E-state index contributed by atoms with van der Waals surface area (Å²) in [6, 6.07) is 4.32. The van der Waals surface area contributed by atoms with Crippen LogP contribution in [0.3, 0.4) is 0 Å². The summed E-state index contributed by atoms with van der Waals surface area (Å²) in [5, 5.41) is 11.6. The second-order valence-electron chi connectivity index (χ2n) is 4.74. The fraction of sp³-hybridized carbons (Fsp3) is 0.533. The summed E-state index contributed by atoms with van der Waals surface area (Å²) in [6.45, 7) is 4.63. The van der Waals surface area contributed by atoms with E-state index in [9.17, 15) is 4.79 Å². The topological polar surface area (TPSA) is 52.6 Å². The first-order valence-corrected chi connectivity index (χ1v) is 7.78. The predicted molar refractivity (Wildman–Crippen MR) is 80.9 cm³/mol. The van der Waals surface area contributed by atoms with Gasteiger partial charge in [0, 0.05) is 19.1 Å². The summed E-state index contributed by atoms with van der Waals surface area (Å²) < 4.78 is 0. The van der Waals surface area contributed by atoms with E-state index in [0.717, 1.165) is 24.0 Å². The molecule has 4 nitrogen and oxygen atoms in total. The average Bonchev–Trinajstić information content (AvgIpc) is 3.18. The first kappa shape index (κ1) is 15.0. The van der Waals surface area contributed by atoms with Crippen molar-refractivity contribution in [3.63, 3.8) is 0 Å². The maximum absolute atomic E-state index is 12.0. The third kappa shape index (κ3) is 4.34. The van der Waals surface area contributed by atoms with E-state index in [1.54, 1.807) is 6.07 Å². The Labute approximate surface area is 123 Å². The number of rotatable bonds is 6. The lowest BCUT2D eigenvalue weighted by Crippen LogP contribution is -2.35. The number of aliphatic hydroxyl groups excluding tert-OH is 1. The Balaban J connectivity index is 1.77. The van der Waals surface area contributed by atoms with E-state index >= 15 is 0 Å². The van der Waals surface area contributed by atoms with Gasteiger partial charge in [0.15, 0.2) is 0 Å². The second-order valence-corrected chi connectivity index (χ2v) is 5.82. The molecule has 0 spiro atoms. The monoisotopic (exact) mass is 292 g/mol. The molecule has 0 atom stereocenters. The normalized spacial score (nSPS) is 13.9. The van der Waals surface area contributed by atoms with Crippen molar-refractivity contribution < 1.29 is 9.90 Å². The number of carbonyl (C=O) groups is 1. The molecule has 1 aromatic heterocycles. The van der Waals surface area contributed by atoms with E-state index < -0.39 is 0 Å². The summed E-state index contributed by atoms with van der Waals surface area (Å²) >= 11 is 1.35. The van der Waals surface area contributed by atoms with Crippen LogP contribution in [0.4, 0.5) is 0 Å². The third-order valence-corrected chi connectivity index (χ3v) is 4.27. The second kappa shape index (κ2) is 7.44. The number of hydrogen-bond donors (Lipinski definition) is 2. The quantitative estimate of drug-likeness (QED) is 0.777. The summed E-state index contributed by atoms with van der Waals surface area (Å²) in [5.41, 5.74) is 0. The molecule has 1 aliphatic rings. The number of thiophene rings is 1.